The number of morpholine rings is 1. The highest BCUT2D eigenvalue weighted by atomic mass is 16.5. The molecule has 5 N–H and O–H groups in total. The van der Waals surface area contributed by atoms with Gasteiger partial charge < -0.3 is 26.0 Å². The maximum Gasteiger partial charge on any atom is 0.254 e. The highest BCUT2D eigenvalue weighted by molar-refractivity contribution is 5.98. The van der Waals surface area contributed by atoms with E-state index in [4.69, 9.17) is 10.5 Å². The molecule has 1 saturated heterocycles. The largest absolute Gasteiger partial charge is 0.378 e. The van der Waals surface area contributed by atoms with E-state index in [0.29, 0.717) is 62.3 Å². The minimum absolute atomic E-state index is 0.0137. The second-order valence-electron chi connectivity index (χ2n) is 12.7. The van der Waals surface area contributed by atoms with Crippen molar-refractivity contribution in [3.8, 4) is 22.5 Å². The van der Waals surface area contributed by atoms with Gasteiger partial charge in [0.15, 0.2) is 0 Å². The number of nitrogens with two attached hydrogens (primary N) is 1. The Kier molecular flexibility index (Phi) is 10.5. The maximum atomic E-state index is 13.7. The van der Waals surface area contributed by atoms with Gasteiger partial charge in [0, 0.05) is 42.2 Å². The average molecular weight is 651 g/mol. The van der Waals surface area contributed by atoms with Gasteiger partial charge in [-0.3, -0.25) is 14.4 Å². The molecule has 3 amide bonds. The molecule has 6 rings (SSSR count). The molecule has 1 saturated carbocycles. The molecule has 3 aromatic carbocycles. The second-order valence-corrected chi connectivity index (χ2v) is 12.7. The SMILES string of the molecule is Cc1ccc(-c2ccc(C[C@H](NC(=O)C3CCC(CN)CC3)C(=O)Nc3ccc(-c4nn[nH]n4)cc3)cc2)cc1C(=O)N1CCOCC1. The molecule has 0 unspecified atom stereocenters. The third kappa shape index (κ3) is 7.95. The fraction of sp³-hybridized carbons (Fsp3) is 0.389. The number of tetrazole rings is 1. The van der Waals surface area contributed by atoms with Crippen LogP contribution < -0.4 is 16.4 Å². The lowest BCUT2D eigenvalue weighted by Gasteiger charge is -2.28. The van der Waals surface area contributed by atoms with Crippen LogP contribution in [-0.2, 0) is 20.7 Å². The maximum absolute atomic E-state index is 13.7. The van der Waals surface area contributed by atoms with Crippen LogP contribution in [0.5, 0.6) is 0 Å². The number of nitrogens with zero attached hydrogens (tertiary/aromatic N) is 4. The summed E-state index contributed by atoms with van der Waals surface area (Å²) in [6, 6.07) is 20.2. The van der Waals surface area contributed by atoms with Gasteiger partial charge >= 0.3 is 0 Å². The average Bonchev–Trinajstić information content (AvgIpc) is 3.68. The molecule has 0 spiro atoms. The summed E-state index contributed by atoms with van der Waals surface area (Å²) < 4.78 is 5.42. The smallest absolute Gasteiger partial charge is 0.254 e. The molecule has 48 heavy (non-hydrogen) atoms. The van der Waals surface area contributed by atoms with Crippen molar-refractivity contribution in [2.75, 3.05) is 38.2 Å². The number of ether oxygens (including phenoxy) is 1. The number of carbonyl (C=O) groups is 3. The van der Waals surface area contributed by atoms with Crippen molar-refractivity contribution in [2.45, 2.75) is 45.1 Å². The molecule has 4 aromatic rings. The third-order valence-electron chi connectivity index (χ3n) is 9.43. The van der Waals surface area contributed by atoms with E-state index in [1.54, 1.807) is 24.3 Å². The van der Waals surface area contributed by atoms with Crippen molar-refractivity contribution in [3.63, 3.8) is 0 Å². The normalized spacial score (nSPS) is 18.6. The van der Waals surface area contributed by atoms with Crippen LogP contribution in [0.25, 0.3) is 22.5 Å². The first-order valence-electron chi connectivity index (χ1n) is 16.6. The number of aromatic amines is 1. The van der Waals surface area contributed by atoms with Crippen molar-refractivity contribution >= 4 is 23.4 Å². The number of amides is 3. The fourth-order valence-electron chi connectivity index (χ4n) is 6.41. The van der Waals surface area contributed by atoms with Crippen molar-refractivity contribution < 1.29 is 19.1 Å². The molecule has 1 aromatic heterocycles. The van der Waals surface area contributed by atoms with Crippen molar-refractivity contribution in [3.05, 3.63) is 83.4 Å². The number of anilines is 1. The van der Waals surface area contributed by atoms with E-state index < -0.39 is 6.04 Å². The summed E-state index contributed by atoms with van der Waals surface area (Å²) in [6.07, 6.45) is 3.67. The summed E-state index contributed by atoms with van der Waals surface area (Å²) in [5, 5.41) is 20.0. The van der Waals surface area contributed by atoms with Crippen LogP contribution in [0.4, 0.5) is 5.69 Å². The van der Waals surface area contributed by atoms with Gasteiger partial charge in [0.25, 0.3) is 5.91 Å². The zero-order valence-electron chi connectivity index (χ0n) is 27.2. The van der Waals surface area contributed by atoms with Crippen LogP contribution in [0, 0.1) is 18.8 Å². The number of aryl methyl sites for hydroxylation is 1. The Morgan fingerprint density at radius 1 is 0.938 bits per heavy atom. The van der Waals surface area contributed by atoms with Gasteiger partial charge in [0.2, 0.25) is 17.6 Å². The Balaban J connectivity index is 1.17. The van der Waals surface area contributed by atoms with E-state index in [1.807, 2.05) is 54.3 Å². The van der Waals surface area contributed by atoms with E-state index in [2.05, 4.69) is 31.3 Å². The molecular formula is C36H42N8O4. The monoisotopic (exact) mass is 650 g/mol. The fourth-order valence-corrected chi connectivity index (χ4v) is 6.41. The Bertz CT molecular complexity index is 1700. The Hall–Kier alpha value is -4.94. The van der Waals surface area contributed by atoms with Crippen LogP contribution in [-0.4, -0.2) is 82.1 Å². The van der Waals surface area contributed by atoms with Gasteiger partial charge in [-0.25, -0.2) is 0 Å². The van der Waals surface area contributed by atoms with Gasteiger partial charge in [0.1, 0.15) is 6.04 Å². The number of carbonyl (C=O) groups excluding carboxylic acids is 3. The molecule has 12 heteroatoms. The van der Waals surface area contributed by atoms with Crippen LogP contribution in [0.15, 0.2) is 66.7 Å². The first-order chi connectivity index (χ1) is 23.4. The van der Waals surface area contributed by atoms with E-state index in [0.717, 1.165) is 53.5 Å². The summed E-state index contributed by atoms with van der Waals surface area (Å²) in [5.74, 6) is 0.364. The molecule has 12 nitrogen and oxygen atoms in total. The quantitative estimate of drug-likeness (QED) is 0.201. The lowest BCUT2D eigenvalue weighted by atomic mass is 9.81. The Labute approximate surface area is 279 Å². The minimum Gasteiger partial charge on any atom is -0.378 e. The molecule has 0 bridgehead atoms. The standard InChI is InChI=1S/C36H42N8O4/c1-23-2-7-29(21-31(23)36(47)44-16-18-48-19-17-44)26-8-3-24(4-9-26)20-32(39-34(45)28-10-5-25(22-37)6-11-28)35(46)38-30-14-12-27(13-15-30)33-40-42-43-41-33/h2-4,7-9,12-15,21,25,28,32H,5-6,10-11,16-20,22,37H2,1H3,(H,38,46)(H,39,45)(H,40,41,42,43)/t25?,28?,32-/m0/s1. The number of benzene rings is 3. The summed E-state index contributed by atoms with van der Waals surface area (Å²) >= 11 is 0. The molecule has 0 radical (unpaired) electrons. The van der Waals surface area contributed by atoms with E-state index >= 15 is 0 Å². The zero-order chi connectivity index (χ0) is 33.5. The first kappa shape index (κ1) is 33.0. The number of hydrogen-bond donors (Lipinski definition) is 4. The van der Waals surface area contributed by atoms with E-state index in [9.17, 15) is 14.4 Å². The van der Waals surface area contributed by atoms with Gasteiger partial charge in [-0.05, 0) is 103 Å². The molecule has 1 aliphatic heterocycles. The van der Waals surface area contributed by atoms with Crippen LogP contribution in [0.3, 0.4) is 0 Å². The lowest BCUT2D eigenvalue weighted by Crippen LogP contribution is -2.48. The molecule has 2 aliphatic rings. The van der Waals surface area contributed by atoms with Gasteiger partial charge in [-0.15, -0.1) is 10.2 Å². The second kappa shape index (κ2) is 15.3. The van der Waals surface area contributed by atoms with Gasteiger partial charge in [-0.2, -0.15) is 5.21 Å². The summed E-state index contributed by atoms with van der Waals surface area (Å²) in [5.41, 5.74) is 11.6. The van der Waals surface area contributed by atoms with Crippen molar-refractivity contribution in [1.29, 1.82) is 0 Å². The van der Waals surface area contributed by atoms with Gasteiger partial charge in [0.05, 0.1) is 13.2 Å². The molecule has 250 valence electrons. The third-order valence-corrected chi connectivity index (χ3v) is 9.43. The molecular weight excluding hydrogens is 608 g/mol. The topological polar surface area (TPSA) is 168 Å². The summed E-state index contributed by atoms with van der Waals surface area (Å²) in [7, 11) is 0. The van der Waals surface area contributed by atoms with Crippen molar-refractivity contribution in [1.82, 2.24) is 30.8 Å². The number of H-pyrrole nitrogens is 1. The summed E-state index contributed by atoms with van der Waals surface area (Å²) in [4.78, 5) is 42.2. The highest BCUT2D eigenvalue weighted by Gasteiger charge is 2.29. The van der Waals surface area contributed by atoms with E-state index in [1.165, 1.54) is 0 Å². The Morgan fingerprint density at radius 3 is 2.29 bits per heavy atom. The van der Waals surface area contributed by atoms with E-state index in [-0.39, 0.29) is 23.6 Å². The summed E-state index contributed by atoms with van der Waals surface area (Å²) in [6.45, 7) is 4.86. The minimum atomic E-state index is -0.787. The molecule has 1 atom stereocenters. The lowest BCUT2D eigenvalue weighted by molar-refractivity contribution is -0.130. The number of aromatic nitrogens is 4. The van der Waals surface area contributed by atoms with Gasteiger partial charge in [-0.1, -0.05) is 36.4 Å². The highest BCUT2D eigenvalue weighted by Crippen LogP contribution is 2.29. The van der Waals surface area contributed by atoms with Crippen LogP contribution in [0.1, 0.15) is 47.2 Å². The Morgan fingerprint density at radius 2 is 1.62 bits per heavy atom. The van der Waals surface area contributed by atoms with Crippen molar-refractivity contribution in [2.24, 2.45) is 17.6 Å². The predicted molar refractivity (Wildman–Crippen MR) is 182 cm³/mol. The predicted octanol–water partition coefficient (Wildman–Crippen LogP) is 3.75. The first-order valence-corrected chi connectivity index (χ1v) is 16.6. The molecule has 2 fully saturated rings. The number of rotatable bonds is 10. The molecule has 2 heterocycles. The number of hydrogen-bond acceptors (Lipinski definition) is 8. The number of nitrogens with one attached hydrogen (secondary N) is 3. The van der Waals surface area contributed by atoms with Crippen LogP contribution in [0.2, 0.25) is 0 Å². The molecule has 1 aliphatic carbocycles. The van der Waals surface area contributed by atoms with Crippen LogP contribution >= 0.6 is 0 Å². The zero-order valence-corrected chi connectivity index (χ0v) is 27.2.